The molecule has 0 aromatic carbocycles. The lowest BCUT2D eigenvalue weighted by Crippen LogP contribution is -2.43. The fraction of sp³-hybridized carbons (Fsp3) is 0.906. The van der Waals surface area contributed by atoms with E-state index >= 15 is 0 Å². The molecule has 3 fully saturated rings. The number of carbonyl (C=O) groups excluding carboxylic acids is 1. The molecule has 2 heterocycles. The summed E-state index contributed by atoms with van der Waals surface area (Å²) in [6.07, 6.45) is 15.6. The number of ether oxygens (including phenoxy) is 5. The van der Waals surface area contributed by atoms with Gasteiger partial charge in [0.15, 0.2) is 20.9 Å². The van der Waals surface area contributed by atoms with Crippen LogP contribution in [0.4, 0.5) is 0 Å². The van der Waals surface area contributed by atoms with Crippen LogP contribution in [0.3, 0.4) is 0 Å². The van der Waals surface area contributed by atoms with Crippen molar-refractivity contribution in [3.05, 3.63) is 12.2 Å². The first-order chi connectivity index (χ1) is 19.0. The van der Waals surface area contributed by atoms with Crippen molar-refractivity contribution in [2.75, 3.05) is 20.3 Å². The number of carbonyl (C=O) groups is 1. The molecule has 2 saturated heterocycles. The van der Waals surface area contributed by atoms with Crippen LogP contribution in [0.2, 0.25) is 18.1 Å². The third-order valence-electron chi connectivity index (χ3n) is 9.32. The van der Waals surface area contributed by atoms with Crippen LogP contribution in [-0.4, -0.2) is 65.5 Å². The van der Waals surface area contributed by atoms with Crippen molar-refractivity contribution in [2.45, 2.75) is 154 Å². The summed E-state index contributed by atoms with van der Waals surface area (Å²) >= 11 is 0. The van der Waals surface area contributed by atoms with Gasteiger partial charge in [0.1, 0.15) is 0 Å². The number of methoxy groups -OCH3 is 1. The van der Waals surface area contributed by atoms with Crippen LogP contribution in [0.5, 0.6) is 0 Å². The van der Waals surface area contributed by atoms with E-state index in [1.807, 2.05) is 0 Å². The minimum absolute atomic E-state index is 0.00471. The van der Waals surface area contributed by atoms with Gasteiger partial charge in [-0.05, 0) is 63.1 Å². The van der Waals surface area contributed by atoms with E-state index in [2.05, 4.69) is 52.9 Å². The minimum Gasteiger partial charge on any atom is -0.469 e. The first-order valence-corrected chi connectivity index (χ1v) is 18.9. The molecule has 3 aliphatic rings. The zero-order chi connectivity index (χ0) is 29.2. The molecule has 0 spiro atoms. The number of hydrogen-bond acceptors (Lipinski definition) is 7. The molecule has 0 aromatic heterocycles. The van der Waals surface area contributed by atoms with E-state index in [9.17, 15) is 4.79 Å². The molecule has 3 rings (SSSR count). The van der Waals surface area contributed by atoms with Crippen LogP contribution in [0.25, 0.3) is 0 Å². The van der Waals surface area contributed by atoms with E-state index in [0.717, 1.165) is 64.6 Å². The number of hydrogen-bond donors (Lipinski definition) is 0. The molecule has 1 aliphatic carbocycles. The average molecular weight is 583 g/mol. The molecule has 0 aromatic rings. The Hall–Kier alpha value is -0.773. The second-order valence-corrected chi connectivity index (χ2v) is 18.3. The summed E-state index contributed by atoms with van der Waals surface area (Å²) in [4.78, 5) is 12.6. The summed E-state index contributed by atoms with van der Waals surface area (Å²) in [5.74, 6) is -0.282. The molecule has 0 amide bonds. The zero-order valence-corrected chi connectivity index (χ0v) is 27.5. The van der Waals surface area contributed by atoms with Crippen molar-refractivity contribution in [1.82, 2.24) is 0 Å². The van der Waals surface area contributed by atoms with Gasteiger partial charge in [0, 0.05) is 31.5 Å². The quantitative estimate of drug-likeness (QED) is 0.0907. The Labute approximate surface area is 245 Å². The molecular formula is C32H58O7Si. The predicted octanol–water partition coefficient (Wildman–Crippen LogP) is 7.54. The van der Waals surface area contributed by atoms with Gasteiger partial charge in [0.25, 0.3) is 0 Å². The van der Waals surface area contributed by atoms with Crippen molar-refractivity contribution >= 4 is 14.3 Å². The molecule has 0 bridgehead atoms. The van der Waals surface area contributed by atoms with E-state index in [1.54, 1.807) is 0 Å². The summed E-state index contributed by atoms with van der Waals surface area (Å²) in [6.45, 7) is 15.2. The van der Waals surface area contributed by atoms with Crippen molar-refractivity contribution in [3.8, 4) is 0 Å². The zero-order valence-electron chi connectivity index (χ0n) is 26.5. The Morgan fingerprint density at radius 3 is 2.12 bits per heavy atom. The van der Waals surface area contributed by atoms with Crippen LogP contribution in [0, 0.1) is 11.8 Å². The first-order valence-electron chi connectivity index (χ1n) is 16.0. The van der Waals surface area contributed by atoms with Crippen molar-refractivity contribution in [2.24, 2.45) is 11.8 Å². The molecule has 232 valence electrons. The van der Waals surface area contributed by atoms with Crippen LogP contribution < -0.4 is 0 Å². The summed E-state index contributed by atoms with van der Waals surface area (Å²) in [6, 6.07) is 0. The second-order valence-electron chi connectivity index (χ2n) is 13.5. The van der Waals surface area contributed by atoms with E-state index in [-0.39, 0.29) is 60.2 Å². The summed E-state index contributed by atoms with van der Waals surface area (Å²) in [5, 5.41) is 0.132. The average Bonchev–Trinajstić information content (AvgIpc) is 3.22. The monoisotopic (exact) mass is 582 g/mol. The van der Waals surface area contributed by atoms with E-state index in [1.165, 1.54) is 20.0 Å². The van der Waals surface area contributed by atoms with Gasteiger partial charge in [0.2, 0.25) is 0 Å². The minimum atomic E-state index is -1.97. The fourth-order valence-corrected chi connectivity index (χ4v) is 7.13. The number of rotatable bonds is 14. The van der Waals surface area contributed by atoms with Crippen molar-refractivity contribution in [3.63, 3.8) is 0 Å². The highest BCUT2D eigenvalue weighted by atomic mass is 28.4. The Bertz CT molecular complexity index is 768. The van der Waals surface area contributed by atoms with Gasteiger partial charge < -0.3 is 28.1 Å². The van der Waals surface area contributed by atoms with Crippen LogP contribution >= 0.6 is 0 Å². The van der Waals surface area contributed by atoms with Crippen LogP contribution in [0.15, 0.2) is 12.2 Å². The van der Waals surface area contributed by atoms with E-state index in [4.69, 9.17) is 28.1 Å². The van der Waals surface area contributed by atoms with Crippen LogP contribution in [0.1, 0.15) is 105 Å². The Kier molecular flexibility index (Phi) is 13.6. The van der Waals surface area contributed by atoms with Crippen LogP contribution in [-0.2, 0) is 32.9 Å². The highest BCUT2D eigenvalue weighted by molar-refractivity contribution is 6.74. The van der Waals surface area contributed by atoms with E-state index < -0.39 is 8.32 Å². The molecule has 40 heavy (non-hydrogen) atoms. The summed E-state index contributed by atoms with van der Waals surface area (Å²) < 4.78 is 37.2. The molecular weight excluding hydrogens is 524 g/mol. The van der Waals surface area contributed by atoms with Gasteiger partial charge in [-0.1, -0.05) is 59.1 Å². The predicted molar refractivity (Wildman–Crippen MR) is 161 cm³/mol. The lowest BCUT2D eigenvalue weighted by molar-refractivity contribution is -0.204. The lowest BCUT2D eigenvalue weighted by atomic mass is 9.89. The Morgan fingerprint density at radius 1 is 0.975 bits per heavy atom. The molecule has 3 unspecified atom stereocenters. The second kappa shape index (κ2) is 16.2. The molecule has 0 N–H and O–H groups in total. The summed E-state index contributed by atoms with van der Waals surface area (Å²) in [7, 11) is -0.506. The standard InChI is InChI=1S/C32H58O7Si/c1-8-9-10-15-24(39-40(6,7)32(2,3)4)18-19-25-26(22-29(33)34-5)28(38-31-17-12-14-21-36-31)23-27(25)37-30-16-11-13-20-35-30/h18-19,24-28,30-31H,8-17,20-23H2,1-7H3/t24?,25-,26-,27-,28+,30?,31?/m1/s1. The highest BCUT2D eigenvalue weighted by Gasteiger charge is 2.47. The normalized spacial score (nSPS) is 31.0. The maximum Gasteiger partial charge on any atom is 0.305 e. The fourth-order valence-electron chi connectivity index (χ4n) is 5.82. The molecule has 7 nitrogen and oxygen atoms in total. The molecule has 0 radical (unpaired) electrons. The smallest absolute Gasteiger partial charge is 0.305 e. The maximum absolute atomic E-state index is 12.6. The van der Waals surface area contributed by atoms with Crippen molar-refractivity contribution < 1.29 is 32.9 Å². The molecule has 8 heteroatoms. The van der Waals surface area contributed by atoms with Gasteiger partial charge in [-0.3, -0.25) is 4.79 Å². The number of unbranched alkanes of at least 4 members (excludes halogenated alkanes) is 2. The first kappa shape index (κ1) is 33.7. The highest BCUT2D eigenvalue weighted by Crippen LogP contribution is 2.43. The molecule has 1 saturated carbocycles. The number of esters is 1. The SMILES string of the molecule is CCCCCC(C=C[C@@H]1[C@@H](CC(=O)OC)[C@@H](OC2CCCCO2)C[C@H]1OC1CCCCO1)O[Si](C)(C)C(C)(C)C. The van der Waals surface area contributed by atoms with Gasteiger partial charge >= 0.3 is 5.97 Å². The Balaban J connectivity index is 1.86. The van der Waals surface area contributed by atoms with Gasteiger partial charge in [-0.25, -0.2) is 0 Å². The lowest BCUT2D eigenvalue weighted by Gasteiger charge is -2.39. The third kappa shape index (κ3) is 10.2. The third-order valence-corrected chi connectivity index (χ3v) is 13.8. The summed E-state index contributed by atoms with van der Waals surface area (Å²) in [5.41, 5.74) is 0. The van der Waals surface area contributed by atoms with Crippen molar-refractivity contribution in [1.29, 1.82) is 0 Å². The largest absolute Gasteiger partial charge is 0.469 e. The topological polar surface area (TPSA) is 72.5 Å². The van der Waals surface area contributed by atoms with Gasteiger partial charge in [-0.2, -0.15) is 0 Å². The van der Waals surface area contributed by atoms with Gasteiger partial charge in [0.05, 0.1) is 31.8 Å². The maximum atomic E-state index is 12.6. The van der Waals surface area contributed by atoms with E-state index in [0.29, 0.717) is 6.42 Å². The molecule has 2 aliphatic heterocycles. The van der Waals surface area contributed by atoms with Gasteiger partial charge in [-0.15, -0.1) is 0 Å². The Morgan fingerprint density at radius 2 is 1.60 bits per heavy atom. The molecule has 7 atom stereocenters.